The monoisotopic (exact) mass is 465 g/mol. The van der Waals surface area contributed by atoms with Crippen LogP contribution in [0.25, 0.3) is 0 Å². The minimum Gasteiger partial charge on any atom is -0.454 e. The summed E-state index contributed by atoms with van der Waals surface area (Å²) in [6.45, 7) is 8.83. The molecule has 3 atom stereocenters. The lowest BCUT2D eigenvalue weighted by Gasteiger charge is -2.46. The van der Waals surface area contributed by atoms with Crippen molar-refractivity contribution >= 4 is 17.3 Å². The molecule has 3 unspecified atom stereocenters. The van der Waals surface area contributed by atoms with Crippen LogP contribution in [0.4, 0.5) is 0 Å². The molecule has 0 radical (unpaired) electrons. The van der Waals surface area contributed by atoms with Crippen molar-refractivity contribution in [2.45, 2.75) is 76.0 Å². The molecule has 1 saturated carbocycles. The van der Waals surface area contributed by atoms with Crippen molar-refractivity contribution in [2.75, 3.05) is 13.3 Å². The summed E-state index contributed by atoms with van der Waals surface area (Å²) in [6.07, 6.45) is 4.49. The molecular formula is C27H35N3O2S. The first kappa shape index (κ1) is 22.5. The van der Waals surface area contributed by atoms with Crippen LogP contribution in [0, 0.1) is 0 Å². The van der Waals surface area contributed by atoms with Crippen LogP contribution in [0.3, 0.4) is 0 Å². The first-order chi connectivity index (χ1) is 15.8. The van der Waals surface area contributed by atoms with Crippen molar-refractivity contribution in [2.24, 2.45) is 0 Å². The van der Waals surface area contributed by atoms with Crippen LogP contribution >= 0.6 is 12.2 Å². The second kappa shape index (κ2) is 8.80. The Bertz CT molecular complexity index is 1010. The van der Waals surface area contributed by atoms with E-state index in [0.29, 0.717) is 18.9 Å². The Kier molecular flexibility index (Phi) is 6.00. The fourth-order valence-corrected chi connectivity index (χ4v) is 6.36. The molecule has 0 spiro atoms. The average molecular weight is 466 g/mol. The quantitative estimate of drug-likeness (QED) is 0.636. The number of benzene rings is 2. The number of fused-ring (bicyclic) bond motifs is 2. The lowest BCUT2D eigenvalue weighted by Crippen LogP contribution is -2.55. The molecule has 1 saturated heterocycles. The third-order valence-electron chi connectivity index (χ3n) is 7.37. The summed E-state index contributed by atoms with van der Waals surface area (Å²) in [6, 6.07) is 18.3. The van der Waals surface area contributed by atoms with E-state index >= 15 is 0 Å². The Morgan fingerprint density at radius 1 is 1.09 bits per heavy atom. The molecule has 3 aliphatic rings. The van der Waals surface area contributed by atoms with Crippen molar-refractivity contribution in [3.8, 4) is 11.5 Å². The van der Waals surface area contributed by atoms with Crippen molar-refractivity contribution < 1.29 is 9.47 Å². The summed E-state index contributed by atoms with van der Waals surface area (Å²) in [5, 5.41) is 7.81. The van der Waals surface area contributed by atoms with Crippen LogP contribution in [-0.4, -0.2) is 41.0 Å². The lowest BCUT2D eigenvalue weighted by molar-refractivity contribution is 0.134. The fraction of sp³-hybridized carbons (Fsp3) is 0.519. The SMILES string of the molecule is CC(C)(C)NC(=S)NC1CCC2(c3ccc4c(c3)OCO4)CCN(Cc3ccccc3)C2C1. The average Bonchev–Trinajstić information content (AvgIpc) is 3.38. The minimum atomic E-state index is -0.0400. The molecule has 0 bridgehead atoms. The zero-order valence-electron chi connectivity index (χ0n) is 19.9. The maximum atomic E-state index is 5.74. The number of hydrogen-bond acceptors (Lipinski definition) is 4. The third-order valence-corrected chi connectivity index (χ3v) is 7.59. The van der Waals surface area contributed by atoms with Gasteiger partial charge in [0.2, 0.25) is 6.79 Å². The van der Waals surface area contributed by atoms with E-state index in [1.807, 2.05) is 0 Å². The first-order valence-electron chi connectivity index (χ1n) is 12.1. The summed E-state index contributed by atoms with van der Waals surface area (Å²) in [7, 11) is 0. The normalized spacial score (nSPS) is 26.6. The van der Waals surface area contributed by atoms with Gasteiger partial charge in [0.05, 0.1) is 0 Å². The number of nitrogens with one attached hydrogen (secondary N) is 2. The van der Waals surface area contributed by atoms with Gasteiger partial charge in [-0.3, -0.25) is 4.90 Å². The van der Waals surface area contributed by atoms with Gasteiger partial charge in [-0.2, -0.15) is 0 Å². The van der Waals surface area contributed by atoms with Crippen molar-refractivity contribution in [3.05, 3.63) is 59.7 Å². The first-order valence-corrected chi connectivity index (χ1v) is 12.5. The van der Waals surface area contributed by atoms with E-state index < -0.39 is 0 Å². The van der Waals surface area contributed by atoms with E-state index in [4.69, 9.17) is 21.7 Å². The minimum absolute atomic E-state index is 0.0400. The molecule has 2 heterocycles. The number of rotatable bonds is 4. The molecular weight excluding hydrogens is 430 g/mol. The molecule has 6 heteroatoms. The van der Waals surface area contributed by atoms with Crippen LogP contribution in [0.15, 0.2) is 48.5 Å². The zero-order valence-corrected chi connectivity index (χ0v) is 20.7. The van der Waals surface area contributed by atoms with Crippen LogP contribution in [0.2, 0.25) is 0 Å². The van der Waals surface area contributed by atoms with Crippen LogP contribution < -0.4 is 20.1 Å². The highest BCUT2D eigenvalue weighted by molar-refractivity contribution is 7.80. The van der Waals surface area contributed by atoms with Crippen LogP contribution in [0.1, 0.15) is 57.6 Å². The Labute approximate surface area is 202 Å². The second-order valence-electron chi connectivity index (χ2n) is 10.8. The lowest BCUT2D eigenvalue weighted by atomic mass is 9.65. The molecule has 5 rings (SSSR count). The van der Waals surface area contributed by atoms with Gasteiger partial charge in [0, 0.05) is 29.6 Å². The highest BCUT2D eigenvalue weighted by Gasteiger charge is 2.51. The highest BCUT2D eigenvalue weighted by atomic mass is 32.1. The van der Waals surface area contributed by atoms with Gasteiger partial charge in [0.25, 0.3) is 0 Å². The number of thiocarbonyl (C=S) groups is 1. The highest BCUT2D eigenvalue weighted by Crippen LogP contribution is 2.51. The van der Waals surface area contributed by atoms with Gasteiger partial charge in [-0.05, 0) is 88.5 Å². The second-order valence-corrected chi connectivity index (χ2v) is 11.2. The molecule has 1 aliphatic carbocycles. The Balaban J connectivity index is 1.40. The van der Waals surface area contributed by atoms with Gasteiger partial charge in [0.15, 0.2) is 16.6 Å². The Morgan fingerprint density at radius 2 is 1.88 bits per heavy atom. The summed E-state index contributed by atoms with van der Waals surface area (Å²) in [5.41, 5.74) is 2.86. The number of ether oxygens (including phenoxy) is 2. The summed E-state index contributed by atoms with van der Waals surface area (Å²) >= 11 is 5.65. The molecule has 2 aromatic carbocycles. The largest absolute Gasteiger partial charge is 0.454 e. The van der Waals surface area contributed by atoms with Crippen LogP contribution in [0.5, 0.6) is 11.5 Å². The smallest absolute Gasteiger partial charge is 0.231 e. The molecule has 0 aromatic heterocycles. The zero-order chi connectivity index (χ0) is 23.1. The predicted octanol–water partition coefficient (Wildman–Crippen LogP) is 4.74. The van der Waals surface area contributed by atoms with E-state index in [0.717, 1.165) is 49.0 Å². The third kappa shape index (κ3) is 4.69. The molecule has 176 valence electrons. The van der Waals surface area contributed by atoms with Gasteiger partial charge < -0.3 is 20.1 Å². The van der Waals surface area contributed by atoms with E-state index in [9.17, 15) is 0 Å². The van der Waals surface area contributed by atoms with E-state index in [1.165, 1.54) is 17.5 Å². The van der Waals surface area contributed by atoms with E-state index in [1.54, 1.807) is 0 Å². The summed E-state index contributed by atoms with van der Waals surface area (Å²) in [5.74, 6) is 1.75. The summed E-state index contributed by atoms with van der Waals surface area (Å²) < 4.78 is 11.3. The van der Waals surface area contributed by atoms with Gasteiger partial charge in [0.1, 0.15) is 0 Å². The Morgan fingerprint density at radius 3 is 2.67 bits per heavy atom. The standard InChI is InChI=1S/C27H35N3O2S/c1-26(2,3)29-25(33)28-21-11-12-27(20-9-10-22-23(15-20)32-18-31-22)13-14-30(24(27)16-21)17-19-7-5-4-6-8-19/h4-10,15,21,24H,11-14,16-18H2,1-3H3,(H2,28,29,33). The molecule has 33 heavy (non-hydrogen) atoms. The van der Waals surface area contributed by atoms with Crippen LogP contribution in [-0.2, 0) is 12.0 Å². The molecule has 0 amide bonds. The van der Waals surface area contributed by atoms with Gasteiger partial charge in [-0.15, -0.1) is 0 Å². The summed E-state index contributed by atoms with van der Waals surface area (Å²) in [4.78, 5) is 2.69. The fourth-order valence-electron chi connectivity index (χ4n) is 5.89. The molecule has 5 nitrogen and oxygen atoms in total. The molecule has 2 aliphatic heterocycles. The van der Waals surface area contributed by atoms with Gasteiger partial charge in [-0.1, -0.05) is 36.4 Å². The molecule has 2 aromatic rings. The molecule has 2 fully saturated rings. The van der Waals surface area contributed by atoms with Gasteiger partial charge in [-0.25, -0.2) is 0 Å². The number of likely N-dealkylation sites (tertiary alicyclic amines) is 1. The predicted molar refractivity (Wildman–Crippen MR) is 136 cm³/mol. The Hall–Kier alpha value is -2.31. The number of nitrogens with zero attached hydrogens (tertiary/aromatic N) is 1. The number of hydrogen-bond donors (Lipinski definition) is 2. The van der Waals surface area contributed by atoms with Crippen molar-refractivity contribution in [3.63, 3.8) is 0 Å². The maximum Gasteiger partial charge on any atom is 0.231 e. The van der Waals surface area contributed by atoms with E-state index in [-0.39, 0.29) is 11.0 Å². The van der Waals surface area contributed by atoms with Gasteiger partial charge >= 0.3 is 0 Å². The topological polar surface area (TPSA) is 45.8 Å². The molecule has 2 N–H and O–H groups in total. The maximum absolute atomic E-state index is 5.74. The van der Waals surface area contributed by atoms with Crippen molar-refractivity contribution in [1.29, 1.82) is 0 Å². The van der Waals surface area contributed by atoms with E-state index in [2.05, 4.69) is 84.8 Å². The van der Waals surface area contributed by atoms with Crippen molar-refractivity contribution in [1.82, 2.24) is 15.5 Å².